The number of ether oxygens (including phenoxy) is 1. The lowest BCUT2D eigenvalue weighted by Crippen LogP contribution is -2.34. The molecule has 2 N–H and O–H groups in total. The fourth-order valence-corrected chi connectivity index (χ4v) is 3.08. The lowest BCUT2D eigenvalue weighted by atomic mass is 9.97. The van der Waals surface area contributed by atoms with Crippen LogP contribution in [0.4, 0.5) is 0 Å². The Balaban J connectivity index is 0.000000438. The van der Waals surface area contributed by atoms with Crippen molar-refractivity contribution in [1.29, 1.82) is 0 Å². The average Bonchev–Trinajstić information content (AvgIpc) is 2.72. The van der Waals surface area contributed by atoms with E-state index < -0.39 is 11.9 Å². The molecule has 29 heavy (non-hydrogen) atoms. The zero-order valence-electron chi connectivity index (χ0n) is 16.0. The van der Waals surface area contributed by atoms with Crippen LogP contribution in [-0.2, 0) is 27.5 Å². The number of piperidine rings is 1. The number of halogens is 1. The van der Waals surface area contributed by atoms with Crippen LogP contribution in [0.15, 0.2) is 48.7 Å². The zero-order valence-corrected chi connectivity index (χ0v) is 16.8. The van der Waals surface area contributed by atoms with Crippen LogP contribution < -0.4 is 0 Å². The molecule has 1 saturated heterocycles. The molecule has 0 unspecified atom stereocenters. The van der Waals surface area contributed by atoms with Crippen molar-refractivity contribution in [3.63, 3.8) is 0 Å². The second kappa shape index (κ2) is 12.2. The van der Waals surface area contributed by atoms with Crippen LogP contribution in [0, 0.1) is 5.92 Å². The number of aromatic nitrogens is 1. The minimum atomic E-state index is -1.82. The summed E-state index contributed by atoms with van der Waals surface area (Å²) in [6.45, 7) is 4.74. The van der Waals surface area contributed by atoms with Crippen LogP contribution in [0.3, 0.4) is 0 Å². The molecule has 8 heteroatoms. The first kappa shape index (κ1) is 22.8. The first-order valence-corrected chi connectivity index (χ1v) is 9.72. The number of likely N-dealkylation sites (tertiary alicyclic amines) is 1. The van der Waals surface area contributed by atoms with Crippen molar-refractivity contribution in [3.05, 3.63) is 64.9 Å². The van der Waals surface area contributed by atoms with E-state index in [9.17, 15) is 0 Å². The Morgan fingerprint density at radius 2 is 1.72 bits per heavy atom. The van der Waals surface area contributed by atoms with Gasteiger partial charge in [0.2, 0.25) is 0 Å². The maximum Gasteiger partial charge on any atom is 0.414 e. The number of carboxylic acid groups (broad SMARTS) is 2. The molecule has 2 aromatic rings. The standard InChI is InChI=1S/C19H23ClN2O.C2H2O4/c20-18-6-4-16(5-7-18)14-23-15-17-8-11-22(12-9-17)13-19-3-1-2-10-21-19;3-1(4)2(5)6/h1-7,10,17H,8-9,11-15H2;(H,3,4)(H,5,6). The number of carboxylic acids is 2. The fraction of sp³-hybridized carbons (Fsp3) is 0.381. The number of benzene rings is 1. The zero-order chi connectivity index (χ0) is 21.1. The highest BCUT2D eigenvalue weighted by atomic mass is 35.5. The molecule has 1 aliphatic heterocycles. The highest BCUT2D eigenvalue weighted by Crippen LogP contribution is 2.19. The van der Waals surface area contributed by atoms with Crippen molar-refractivity contribution in [3.8, 4) is 0 Å². The van der Waals surface area contributed by atoms with Crippen LogP contribution in [-0.4, -0.2) is 51.7 Å². The summed E-state index contributed by atoms with van der Waals surface area (Å²) in [6.07, 6.45) is 4.27. The first-order valence-electron chi connectivity index (χ1n) is 9.34. The average molecular weight is 421 g/mol. The van der Waals surface area contributed by atoms with Gasteiger partial charge in [0.25, 0.3) is 0 Å². The van der Waals surface area contributed by atoms with Crippen LogP contribution in [0.2, 0.25) is 5.02 Å². The van der Waals surface area contributed by atoms with Crippen LogP contribution in [0.5, 0.6) is 0 Å². The molecule has 0 aliphatic carbocycles. The second-order valence-corrected chi connectivity index (χ2v) is 7.23. The highest BCUT2D eigenvalue weighted by molar-refractivity contribution is 6.30. The Labute approximate surface area is 174 Å². The number of carbonyl (C=O) groups is 2. The molecule has 0 bridgehead atoms. The number of pyridine rings is 1. The van der Waals surface area contributed by atoms with E-state index in [0.29, 0.717) is 12.5 Å². The van der Waals surface area contributed by atoms with Crippen molar-refractivity contribution in [2.75, 3.05) is 19.7 Å². The minimum absolute atomic E-state index is 0.669. The third-order valence-electron chi connectivity index (χ3n) is 4.54. The summed E-state index contributed by atoms with van der Waals surface area (Å²) in [5.41, 5.74) is 2.34. The number of hydrogen-bond donors (Lipinski definition) is 2. The molecule has 1 aliphatic rings. The van der Waals surface area contributed by atoms with Gasteiger partial charge in [0.05, 0.1) is 12.3 Å². The molecule has 7 nitrogen and oxygen atoms in total. The summed E-state index contributed by atoms with van der Waals surface area (Å²) in [4.78, 5) is 25.1. The molecule has 1 aromatic carbocycles. The van der Waals surface area contributed by atoms with E-state index in [0.717, 1.165) is 37.0 Å². The third-order valence-corrected chi connectivity index (χ3v) is 4.79. The van der Waals surface area contributed by atoms with E-state index in [2.05, 4.69) is 22.0 Å². The summed E-state index contributed by atoms with van der Waals surface area (Å²) in [5, 5.41) is 15.6. The van der Waals surface area contributed by atoms with E-state index in [1.54, 1.807) is 0 Å². The quantitative estimate of drug-likeness (QED) is 0.691. The highest BCUT2D eigenvalue weighted by Gasteiger charge is 2.19. The van der Waals surface area contributed by atoms with E-state index in [1.807, 2.05) is 36.5 Å². The van der Waals surface area contributed by atoms with Gasteiger partial charge in [-0.05, 0) is 61.7 Å². The van der Waals surface area contributed by atoms with E-state index in [1.165, 1.54) is 18.4 Å². The lowest BCUT2D eigenvalue weighted by Gasteiger charge is -2.31. The predicted molar refractivity (Wildman–Crippen MR) is 109 cm³/mol. The number of nitrogens with zero attached hydrogens (tertiary/aromatic N) is 2. The molecule has 0 atom stereocenters. The Morgan fingerprint density at radius 1 is 1.07 bits per heavy atom. The number of aliphatic carboxylic acids is 2. The molecule has 2 heterocycles. The summed E-state index contributed by atoms with van der Waals surface area (Å²) >= 11 is 5.89. The van der Waals surface area contributed by atoms with Gasteiger partial charge in [-0.3, -0.25) is 9.88 Å². The van der Waals surface area contributed by atoms with Gasteiger partial charge in [-0.1, -0.05) is 29.8 Å². The Kier molecular flexibility index (Phi) is 9.56. The van der Waals surface area contributed by atoms with Gasteiger partial charge in [0.1, 0.15) is 0 Å². The SMILES string of the molecule is Clc1ccc(COCC2CCN(Cc3ccccn3)CC2)cc1.O=C(O)C(=O)O. The molecule has 0 saturated carbocycles. The normalized spacial score (nSPS) is 14.7. The van der Waals surface area contributed by atoms with Gasteiger partial charge in [-0.2, -0.15) is 0 Å². The van der Waals surface area contributed by atoms with Gasteiger partial charge in [-0.25, -0.2) is 9.59 Å². The maximum absolute atomic E-state index is 9.10. The van der Waals surface area contributed by atoms with Crippen molar-refractivity contribution in [2.24, 2.45) is 5.92 Å². The number of rotatable bonds is 6. The van der Waals surface area contributed by atoms with Gasteiger partial charge < -0.3 is 14.9 Å². The lowest BCUT2D eigenvalue weighted by molar-refractivity contribution is -0.159. The summed E-state index contributed by atoms with van der Waals surface area (Å²) < 4.78 is 5.88. The molecule has 0 spiro atoms. The Bertz CT molecular complexity index is 750. The number of hydrogen-bond acceptors (Lipinski definition) is 5. The van der Waals surface area contributed by atoms with Crippen molar-refractivity contribution >= 4 is 23.5 Å². The predicted octanol–water partition coefficient (Wildman–Crippen LogP) is 3.32. The molecule has 1 aromatic heterocycles. The molecule has 0 amide bonds. The molecule has 156 valence electrons. The molecular weight excluding hydrogens is 396 g/mol. The van der Waals surface area contributed by atoms with Crippen molar-refractivity contribution < 1.29 is 24.5 Å². The van der Waals surface area contributed by atoms with Crippen LogP contribution in [0.1, 0.15) is 24.1 Å². The van der Waals surface area contributed by atoms with Crippen molar-refractivity contribution in [1.82, 2.24) is 9.88 Å². The van der Waals surface area contributed by atoms with Gasteiger partial charge in [0.15, 0.2) is 0 Å². The Hall–Kier alpha value is -2.48. The molecule has 0 radical (unpaired) electrons. The summed E-state index contributed by atoms with van der Waals surface area (Å²) in [7, 11) is 0. The van der Waals surface area contributed by atoms with E-state index in [-0.39, 0.29) is 0 Å². The smallest absolute Gasteiger partial charge is 0.414 e. The Morgan fingerprint density at radius 3 is 2.28 bits per heavy atom. The van der Waals surface area contributed by atoms with Crippen molar-refractivity contribution in [2.45, 2.75) is 26.0 Å². The first-order chi connectivity index (χ1) is 13.9. The van der Waals surface area contributed by atoms with E-state index in [4.69, 9.17) is 36.1 Å². The molecule has 1 fully saturated rings. The molecular formula is C21H25ClN2O5. The summed E-state index contributed by atoms with van der Waals surface area (Å²) in [5.74, 6) is -2.98. The monoisotopic (exact) mass is 420 g/mol. The van der Waals surface area contributed by atoms with Gasteiger partial charge in [-0.15, -0.1) is 0 Å². The largest absolute Gasteiger partial charge is 0.473 e. The summed E-state index contributed by atoms with van der Waals surface area (Å²) in [6, 6.07) is 14.0. The van der Waals surface area contributed by atoms with Gasteiger partial charge >= 0.3 is 11.9 Å². The topological polar surface area (TPSA) is 100.0 Å². The molecule has 3 rings (SSSR count). The van der Waals surface area contributed by atoms with Crippen LogP contribution in [0.25, 0.3) is 0 Å². The fourth-order valence-electron chi connectivity index (χ4n) is 2.96. The second-order valence-electron chi connectivity index (χ2n) is 6.79. The maximum atomic E-state index is 9.10. The minimum Gasteiger partial charge on any atom is -0.473 e. The third kappa shape index (κ3) is 9.04. The van der Waals surface area contributed by atoms with Crippen LogP contribution >= 0.6 is 11.6 Å². The van der Waals surface area contributed by atoms with E-state index >= 15 is 0 Å². The van der Waals surface area contributed by atoms with Gasteiger partial charge in [0, 0.05) is 24.4 Å².